The van der Waals surface area contributed by atoms with E-state index in [-0.39, 0.29) is 24.0 Å². The van der Waals surface area contributed by atoms with Gasteiger partial charge < -0.3 is 14.2 Å². The molecule has 54 heavy (non-hydrogen) atoms. The molecule has 8 heteroatoms. The van der Waals surface area contributed by atoms with Gasteiger partial charge in [0.25, 0.3) is 0 Å². The van der Waals surface area contributed by atoms with Gasteiger partial charge in [0.05, 0.1) is 20.1 Å². The summed E-state index contributed by atoms with van der Waals surface area (Å²) in [5, 5.41) is 0. The molecule has 0 radical (unpaired) electrons. The van der Waals surface area contributed by atoms with Crippen molar-refractivity contribution < 1.29 is 19.0 Å². The molecule has 0 amide bonds. The van der Waals surface area contributed by atoms with E-state index in [1.54, 1.807) is 14.2 Å². The molecule has 5 aromatic rings. The van der Waals surface area contributed by atoms with E-state index >= 15 is 4.79 Å². The van der Waals surface area contributed by atoms with Crippen molar-refractivity contribution in [1.82, 2.24) is 4.90 Å². The normalized spacial score (nSPS) is 17.9. The average Bonchev–Trinajstić information content (AvgIpc) is 3.63. The number of esters is 1. The molecule has 5 nitrogen and oxygen atoms in total. The lowest BCUT2D eigenvalue weighted by Crippen LogP contribution is -2.47. The topological polar surface area (TPSA) is 48.0 Å². The van der Waals surface area contributed by atoms with Crippen molar-refractivity contribution in [2.45, 2.75) is 82.9 Å². The summed E-state index contributed by atoms with van der Waals surface area (Å²) in [5.41, 5.74) is 1.64. The average molecular weight is 778 g/mol. The monoisotopic (exact) mass is 777 g/mol. The van der Waals surface area contributed by atoms with E-state index in [4.69, 9.17) is 14.2 Å². The number of rotatable bonds is 15. The molecule has 0 N–H and O–H groups in total. The van der Waals surface area contributed by atoms with Crippen LogP contribution in [0.15, 0.2) is 154 Å². The van der Waals surface area contributed by atoms with Gasteiger partial charge in [-0.15, -0.1) is 0 Å². The Labute approximate surface area is 334 Å². The molecular weight excluding hydrogens is 727 g/mol. The van der Waals surface area contributed by atoms with Crippen LogP contribution in [0.3, 0.4) is 0 Å². The molecule has 6 rings (SSSR count). The third-order valence-electron chi connectivity index (χ3n) is 9.78. The molecule has 0 aliphatic heterocycles. The Hall–Kier alpha value is -3.82. The van der Waals surface area contributed by atoms with Crippen molar-refractivity contribution in [2.75, 3.05) is 14.2 Å². The van der Waals surface area contributed by atoms with Crippen LogP contribution in [0.2, 0.25) is 0 Å². The smallest absolute Gasteiger partial charge is 0.311 e. The first-order chi connectivity index (χ1) is 26.1. The van der Waals surface area contributed by atoms with Crippen molar-refractivity contribution in [2.24, 2.45) is 11.8 Å². The standard InChI is InChI=1S/C46H51NO4S3/c1-33(35-19-11-7-12-20-35)47(32-34-27-30-41(49-5)42(31-34)50-6)40-29-28-39(43(40)44(48)51-45(2,3)4)46(52-36-21-13-8-14-22-36,53-37-23-15-9-16-24-37)54-38-25-17-10-18-26-38/h7-27,30-31,33,39-40,43H,28-29,32H2,1-6H3/t33-,39-,40+,43-/m0/s1. The summed E-state index contributed by atoms with van der Waals surface area (Å²) in [4.78, 5) is 21.1. The molecule has 1 aliphatic rings. The zero-order chi connectivity index (χ0) is 38.1. The van der Waals surface area contributed by atoms with E-state index < -0.39 is 14.9 Å². The maximum atomic E-state index is 15.1. The van der Waals surface area contributed by atoms with Gasteiger partial charge in [-0.05, 0) is 100 Å². The fraction of sp³-hybridized carbons (Fsp3) is 0.326. The van der Waals surface area contributed by atoms with Crippen LogP contribution in [0, 0.1) is 11.8 Å². The fourth-order valence-electron chi connectivity index (χ4n) is 7.34. The van der Waals surface area contributed by atoms with E-state index in [2.05, 4.69) is 145 Å². The molecule has 0 bridgehead atoms. The van der Waals surface area contributed by atoms with Gasteiger partial charge in [-0.1, -0.05) is 126 Å². The van der Waals surface area contributed by atoms with Crippen LogP contribution in [0.5, 0.6) is 11.5 Å². The van der Waals surface area contributed by atoms with Crippen molar-refractivity contribution in [3.05, 3.63) is 151 Å². The quantitative estimate of drug-likeness (QED) is 0.0592. The van der Waals surface area contributed by atoms with Crippen LogP contribution in [0.4, 0.5) is 0 Å². The molecule has 0 spiro atoms. The van der Waals surface area contributed by atoms with Gasteiger partial charge in [0.2, 0.25) is 0 Å². The highest BCUT2D eigenvalue weighted by Gasteiger charge is 2.56. The molecule has 0 saturated heterocycles. The van der Waals surface area contributed by atoms with E-state index in [0.29, 0.717) is 18.0 Å². The van der Waals surface area contributed by atoms with E-state index in [1.807, 2.05) is 62.1 Å². The van der Waals surface area contributed by atoms with E-state index in [0.717, 1.165) is 33.1 Å². The largest absolute Gasteiger partial charge is 0.493 e. The van der Waals surface area contributed by atoms with Gasteiger partial charge in [-0.3, -0.25) is 9.69 Å². The molecule has 1 fully saturated rings. The molecule has 282 valence electrons. The van der Waals surface area contributed by atoms with Gasteiger partial charge in [0.15, 0.2) is 11.5 Å². The Bertz CT molecular complexity index is 1820. The summed E-state index contributed by atoms with van der Waals surface area (Å²) < 4.78 is 17.3. The second kappa shape index (κ2) is 18.2. The van der Waals surface area contributed by atoms with Crippen LogP contribution >= 0.6 is 35.3 Å². The Morgan fingerprint density at radius 3 is 1.63 bits per heavy atom. The second-order valence-electron chi connectivity index (χ2n) is 14.6. The predicted molar refractivity (Wildman–Crippen MR) is 225 cm³/mol. The summed E-state index contributed by atoms with van der Waals surface area (Å²) in [6, 6.07) is 48.6. The van der Waals surface area contributed by atoms with Crippen LogP contribution in [0.25, 0.3) is 0 Å². The minimum Gasteiger partial charge on any atom is -0.493 e. The van der Waals surface area contributed by atoms with E-state index in [9.17, 15) is 0 Å². The zero-order valence-corrected chi connectivity index (χ0v) is 34.5. The third-order valence-corrected chi connectivity index (χ3v) is 14.6. The third kappa shape index (κ3) is 9.88. The zero-order valence-electron chi connectivity index (χ0n) is 32.0. The van der Waals surface area contributed by atoms with Gasteiger partial charge in [-0.2, -0.15) is 0 Å². The van der Waals surface area contributed by atoms with Crippen molar-refractivity contribution >= 4 is 41.3 Å². The number of carbonyl (C=O) groups excluding carboxylic acids is 1. The molecule has 0 unspecified atom stereocenters. The Balaban J connectivity index is 1.52. The number of hydrogen-bond donors (Lipinski definition) is 0. The SMILES string of the molecule is COc1ccc(CN([C@@H]2CC[C@H](C(Sc3ccccc3)(Sc3ccccc3)Sc3ccccc3)[C@@H]2C(=O)OC(C)(C)C)[C@@H](C)c2ccccc2)cc1OC. The van der Waals surface area contributed by atoms with Gasteiger partial charge in [-0.25, -0.2) is 0 Å². The molecule has 5 aromatic carbocycles. The van der Waals surface area contributed by atoms with Gasteiger partial charge in [0.1, 0.15) is 9.01 Å². The number of methoxy groups -OCH3 is 2. The highest BCUT2D eigenvalue weighted by atomic mass is 32.3. The molecule has 1 aliphatic carbocycles. The van der Waals surface area contributed by atoms with Crippen LogP contribution in [-0.2, 0) is 16.1 Å². The Morgan fingerprint density at radius 2 is 1.17 bits per heavy atom. The molecule has 4 atom stereocenters. The summed E-state index contributed by atoms with van der Waals surface area (Å²) in [5.74, 6) is 0.725. The summed E-state index contributed by atoms with van der Waals surface area (Å²) in [6.45, 7) is 8.80. The maximum Gasteiger partial charge on any atom is 0.311 e. The highest BCUT2D eigenvalue weighted by molar-refractivity contribution is 8.33. The minimum absolute atomic E-state index is 0.00714. The van der Waals surface area contributed by atoms with Gasteiger partial charge in [0, 0.05) is 39.2 Å². The number of ether oxygens (including phenoxy) is 3. The number of carbonyl (C=O) groups is 1. The second-order valence-corrected chi connectivity index (χ2v) is 19.3. The summed E-state index contributed by atoms with van der Waals surface area (Å²) >= 11 is 5.59. The Kier molecular flexibility index (Phi) is 13.4. The number of nitrogens with zero attached hydrogens (tertiary/aromatic N) is 1. The lowest BCUT2D eigenvalue weighted by atomic mass is 9.91. The molecular formula is C46H51NO4S3. The molecule has 0 aromatic heterocycles. The first-order valence-electron chi connectivity index (χ1n) is 18.6. The van der Waals surface area contributed by atoms with Crippen LogP contribution < -0.4 is 9.47 Å². The Morgan fingerprint density at radius 1 is 0.685 bits per heavy atom. The van der Waals surface area contributed by atoms with Crippen molar-refractivity contribution in [3.8, 4) is 11.5 Å². The lowest BCUT2D eigenvalue weighted by Gasteiger charge is -2.43. The van der Waals surface area contributed by atoms with Crippen molar-refractivity contribution in [1.29, 1.82) is 0 Å². The first kappa shape index (κ1) is 39.9. The number of benzene rings is 5. The number of thioether (sulfide) groups is 3. The van der Waals surface area contributed by atoms with E-state index in [1.165, 1.54) is 5.56 Å². The predicted octanol–water partition coefficient (Wildman–Crippen LogP) is 12.0. The minimum atomic E-state index is -0.650. The summed E-state index contributed by atoms with van der Waals surface area (Å²) in [7, 11) is 3.33. The van der Waals surface area contributed by atoms with Crippen LogP contribution in [-0.4, -0.2) is 40.1 Å². The maximum absolute atomic E-state index is 15.1. The summed E-state index contributed by atoms with van der Waals surface area (Å²) in [6.07, 6.45) is 1.68. The lowest BCUT2D eigenvalue weighted by molar-refractivity contribution is -0.164. The van der Waals surface area contributed by atoms with Crippen LogP contribution in [0.1, 0.15) is 57.7 Å². The molecule has 1 saturated carbocycles. The number of hydrogen-bond acceptors (Lipinski definition) is 8. The fourth-order valence-corrected chi connectivity index (χ4v) is 12.7. The van der Waals surface area contributed by atoms with Crippen molar-refractivity contribution in [3.63, 3.8) is 0 Å². The first-order valence-corrected chi connectivity index (χ1v) is 21.0. The van der Waals surface area contributed by atoms with Gasteiger partial charge >= 0.3 is 5.97 Å². The highest BCUT2D eigenvalue weighted by Crippen LogP contribution is 2.64. The molecule has 0 heterocycles.